The van der Waals surface area contributed by atoms with Gasteiger partial charge in [-0.05, 0) is 68.6 Å². The summed E-state index contributed by atoms with van der Waals surface area (Å²) in [6.45, 7) is 6.38. The molecule has 0 aliphatic heterocycles. The van der Waals surface area contributed by atoms with Gasteiger partial charge in [-0.2, -0.15) is 0 Å². The van der Waals surface area contributed by atoms with Gasteiger partial charge in [0.15, 0.2) is 0 Å². The minimum Gasteiger partial charge on any atom is -0.324 e. The lowest BCUT2D eigenvalue weighted by molar-refractivity contribution is -0.0223. The fraction of sp³-hybridized carbons (Fsp3) is 0.857. The van der Waals surface area contributed by atoms with E-state index in [2.05, 4.69) is 13.5 Å². The first-order valence-electron chi connectivity index (χ1n) is 6.59. The Balaban J connectivity index is 1.83. The Morgan fingerprint density at radius 3 is 1.93 bits per heavy atom. The molecule has 1 atom stereocenters. The summed E-state index contributed by atoms with van der Waals surface area (Å²) in [6.07, 6.45) is 7.43. The zero-order chi connectivity index (χ0) is 10.6. The van der Waals surface area contributed by atoms with Crippen molar-refractivity contribution in [2.24, 2.45) is 35.3 Å². The van der Waals surface area contributed by atoms with E-state index in [4.69, 9.17) is 5.73 Å². The molecule has 4 bridgehead atoms. The van der Waals surface area contributed by atoms with E-state index in [1.54, 1.807) is 0 Å². The molecule has 4 aliphatic carbocycles. The third kappa shape index (κ3) is 1.47. The van der Waals surface area contributed by atoms with Crippen LogP contribution in [0.25, 0.3) is 0 Å². The molecule has 15 heavy (non-hydrogen) atoms. The van der Waals surface area contributed by atoms with Crippen LogP contribution in [-0.2, 0) is 0 Å². The van der Waals surface area contributed by atoms with Gasteiger partial charge in [0.25, 0.3) is 0 Å². The van der Waals surface area contributed by atoms with Crippen LogP contribution in [0.5, 0.6) is 0 Å². The number of rotatable bonds is 2. The first-order valence-corrected chi connectivity index (χ1v) is 6.59. The highest BCUT2D eigenvalue weighted by atomic mass is 14.6. The first kappa shape index (κ1) is 9.89. The molecule has 0 amide bonds. The summed E-state index contributed by atoms with van der Waals surface area (Å²) >= 11 is 0. The van der Waals surface area contributed by atoms with Crippen molar-refractivity contribution in [1.29, 1.82) is 0 Å². The van der Waals surface area contributed by atoms with Crippen LogP contribution < -0.4 is 5.73 Å². The van der Waals surface area contributed by atoms with Crippen molar-refractivity contribution in [3.63, 3.8) is 0 Å². The summed E-state index contributed by atoms with van der Waals surface area (Å²) in [5, 5.41) is 0. The van der Waals surface area contributed by atoms with E-state index >= 15 is 0 Å². The molecule has 1 heteroatoms. The Labute approximate surface area is 93.1 Å². The molecule has 4 aliphatic rings. The lowest BCUT2D eigenvalue weighted by Gasteiger charge is -2.55. The second kappa shape index (κ2) is 3.35. The number of nitrogens with two attached hydrogens (primary N) is 1. The molecule has 0 aromatic carbocycles. The molecule has 0 spiro atoms. The molecule has 2 N–H and O–H groups in total. The van der Waals surface area contributed by atoms with Crippen LogP contribution in [0.4, 0.5) is 0 Å². The highest BCUT2D eigenvalue weighted by Crippen LogP contribution is 2.58. The maximum Gasteiger partial charge on any atom is 0.0225 e. The Bertz CT molecular complexity index is 251. The highest BCUT2D eigenvalue weighted by Gasteiger charge is 2.48. The average molecular weight is 205 g/mol. The largest absolute Gasteiger partial charge is 0.324 e. The van der Waals surface area contributed by atoms with Gasteiger partial charge in [-0.15, -0.1) is 0 Å². The van der Waals surface area contributed by atoms with Crippen molar-refractivity contribution in [2.45, 2.75) is 45.1 Å². The van der Waals surface area contributed by atoms with Crippen LogP contribution in [0.15, 0.2) is 12.2 Å². The van der Waals surface area contributed by atoms with Gasteiger partial charge < -0.3 is 5.73 Å². The molecule has 0 aromatic heterocycles. The van der Waals surface area contributed by atoms with Crippen molar-refractivity contribution in [2.75, 3.05) is 0 Å². The predicted octanol–water partition coefficient (Wildman–Crippen LogP) is 2.96. The van der Waals surface area contributed by atoms with Crippen LogP contribution in [0.2, 0.25) is 0 Å². The summed E-state index contributed by atoms with van der Waals surface area (Å²) < 4.78 is 0. The summed E-state index contributed by atoms with van der Waals surface area (Å²) in [5.41, 5.74) is 7.37. The summed E-state index contributed by atoms with van der Waals surface area (Å²) in [5.74, 6) is 4.78. The Morgan fingerprint density at radius 2 is 1.53 bits per heavy atom. The van der Waals surface area contributed by atoms with Gasteiger partial charge in [0.1, 0.15) is 0 Å². The standard InChI is InChI=1S/C14H23N/c1-8(9(2)15)14-12-4-10-3-11(6-12)7-13(14)5-10/h9-14H,1,3-7,15H2,2H3. The smallest absolute Gasteiger partial charge is 0.0225 e. The monoisotopic (exact) mass is 205 g/mol. The van der Waals surface area contributed by atoms with Gasteiger partial charge in [0.05, 0.1) is 0 Å². The molecular formula is C14H23N. The maximum absolute atomic E-state index is 6.02. The molecule has 84 valence electrons. The van der Waals surface area contributed by atoms with Gasteiger partial charge in [-0.25, -0.2) is 0 Å². The van der Waals surface area contributed by atoms with Crippen molar-refractivity contribution >= 4 is 0 Å². The highest BCUT2D eigenvalue weighted by molar-refractivity contribution is 5.15. The molecular weight excluding hydrogens is 182 g/mol. The van der Waals surface area contributed by atoms with Crippen LogP contribution >= 0.6 is 0 Å². The van der Waals surface area contributed by atoms with E-state index in [9.17, 15) is 0 Å². The molecule has 0 heterocycles. The quantitative estimate of drug-likeness (QED) is 0.689. The van der Waals surface area contributed by atoms with E-state index in [1.165, 1.54) is 37.7 Å². The average Bonchev–Trinajstić information content (AvgIpc) is 2.15. The molecule has 1 nitrogen and oxygen atoms in total. The second-order valence-corrected chi connectivity index (χ2v) is 6.32. The second-order valence-electron chi connectivity index (χ2n) is 6.32. The van der Waals surface area contributed by atoms with Crippen molar-refractivity contribution in [3.05, 3.63) is 12.2 Å². The SMILES string of the molecule is C=C(C(C)N)C1C2CC3CC(C2)CC1C3. The van der Waals surface area contributed by atoms with E-state index in [0.29, 0.717) is 0 Å². The molecule has 0 aromatic rings. The van der Waals surface area contributed by atoms with Gasteiger partial charge >= 0.3 is 0 Å². The fourth-order valence-electron chi connectivity index (χ4n) is 4.83. The van der Waals surface area contributed by atoms with Crippen molar-refractivity contribution in [3.8, 4) is 0 Å². The van der Waals surface area contributed by atoms with Crippen LogP contribution in [0, 0.1) is 29.6 Å². The molecule has 0 radical (unpaired) electrons. The van der Waals surface area contributed by atoms with Crippen LogP contribution in [0.1, 0.15) is 39.0 Å². The van der Waals surface area contributed by atoms with Gasteiger partial charge in [0, 0.05) is 6.04 Å². The van der Waals surface area contributed by atoms with Crippen LogP contribution in [0.3, 0.4) is 0 Å². The van der Waals surface area contributed by atoms with Gasteiger partial charge in [-0.1, -0.05) is 12.2 Å². The van der Waals surface area contributed by atoms with E-state index in [-0.39, 0.29) is 6.04 Å². The third-order valence-corrected chi connectivity index (χ3v) is 5.24. The number of hydrogen-bond acceptors (Lipinski definition) is 1. The third-order valence-electron chi connectivity index (χ3n) is 5.24. The maximum atomic E-state index is 6.02. The molecule has 0 saturated heterocycles. The zero-order valence-corrected chi connectivity index (χ0v) is 9.78. The van der Waals surface area contributed by atoms with Crippen molar-refractivity contribution < 1.29 is 0 Å². The summed E-state index contributed by atoms with van der Waals surface area (Å²) in [6, 6.07) is 0.201. The van der Waals surface area contributed by atoms with E-state index in [0.717, 1.165) is 29.6 Å². The lowest BCUT2D eigenvalue weighted by Crippen LogP contribution is -2.47. The van der Waals surface area contributed by atoms with Crippen molar-refractivity contribution in [1.82, 2.24) is 0 Å². The molecule has 4 fully saturated rings. The van der Waals surface area contributed by atoms with Crippen LogP contribution in [-0.4, -0.2) is 6.04 Å². The Kier molecular flexibility index (Phi) is 2.21. The molecule has 4 rings (SSSR count). The minimum atomic E-state index is 0.201. The predicted molar refractivity (Wildman–Crippen MR) is 63.3 cm³/mol. The summed E-state index contributed by atoms with van der Waals surface area (Å²) in [7, 11) is 0. The normalized spacial score (nSPS) is 49.3. The Hall–Kier alpha value is -0.300. The topological polar surface area (TPSA) is 26.0 Å². The summed E-state index contributed by atoms with van der Waals surface area (Å²) in [4.78, 5) is 0. The number of hydrogen-bond donors (Lipinski definition) is 1. The van der Waals surface area contributed by atoms with Gasteiger partial charge in [0.2, 0.25) is 0 Å². The van der Waals surface area contributed by atoms with Gasteiger partial charge in [-0.3, -0.25) is 0 Å². The minimum absolute atomic E-state index is 0.201. The molecule has 4 saturated carbocycles. The first-order chi connectivity index (χ1) is 7.15. The Morgan fingerprint density at radius 1 is 1.07 bits per heavy atom. The lowest BCUT2D eigenvalue weighted by atomic mass is 9.50. The van der Waals surface area contributed by atoms with E-state index in [1.807, 2.05) is 0 Å². The van der Waals surface area contributed by atoms with E-state index < -0.39 is 0 Å². The fourth-order valence-corrected chi connectivity index (χ4v) is 4.83. The zero-order valence-electron chi connectivity index (χ0n) is 9.78. The molecule has 1 unspecified atom stereocenters.